The predicted molar refractivity (Wildman–Crippen MR) is 98.3 cm³/mol. The molecule has 22 heavy (non-hydrogen) atoms. The maximum absolute atomic E-state index is 6.46. The Labute approximate surface area is 143 Å². The molecule has 2 rings (SSSR count). The monoisotopic (exact) mass is 332 g/mol. The van der Waals surface area contributed by atoms with Crippen LogP contribution in [0.25, 0.3) is 0 Å². The first-order valence-corrected chi connectivity index (χ1v) is 8.32. The van der Waals surface area contributed by atoms with Gasteiger partial charge in [0.25, 0.3) is 0 Å². The van der Waals surface area contributed by atoms with E-state index >= 15 is 0 Å². The Morgan fingerprint density at radius 2 is 1.68 bits per heavy atom. The molecule has 0 amide bonds. The van der Waals surface area contributed by atoms with Gasteiger partial charge in [-0.05, 0) is 53.6 Å². The van der Waals surface area contributed by atoms with Crippen LogP contribution in [-0.2, 0) is 12.8 Å². The summed E-state index contributed by atoms with van der Waals surface area (Å²) in [5.74, 6) is 0.517. The molecule has 0 aliphatic carbocycles. The summed E-state index contributed by atoms with van der Waals surface area (Å²) in [5.41, 5.74) is 5.78. The molecular formula is C20H22Cl2. The quantitative estimate of drug-likeness (QED) is 0.526. The minimum Gasteiger partial charge on any atom is -0.0998 e. The lowest BCUT2D eigenvalue weighted by molar-refractivity contribution is 0.863. The molecule has 0 aromatic heterocycles. The van der Waals surface area contributed by atoms with E-state index in [4.69, 9.17) is 23.2 Å². The van der Waals surface area contributed by atoms with Gasteiger partial charge in [0.1, 0.15) is 0 Å². The van der Waals surface area contributed by atoms with Crippen molar-refractivity contribution in [2.24, 2.45) is 0 Å². The van der Waals surface area contributed by atoms with Crippen LogP contribution < -0.4 is 0 Å². The fourth-order valence-corrected chi connectivity index (χ4v) is 3.21. The SMILES string of the molecule is C=C(C)Cc1cc(Cl)c(Cc2cccc(C(C)C)c2)c(Cl)c1. The van der Waals surface area contributed by atoms with Gasteiger partial charge in [0.05, 0.1) is 0 Å². The number of halogens is 2. The molecule has 2 aromatic carbocycles. The molecule has 2 heteroatoms. The van der Waals surface area contributed by atoms with E-state index in [1.807, 2.05) is 19.1 Å². The molecule has 0 saturated heterocycles. The van der Waals surface area contributed by atoms with Gasteiger partial charge in [0, 0.05) is 16.5 Å². The van der Waals surface area contributed by atoms with Crippen molar-refractivity contribution in [2.45, 2.75) is 39.5 Å². The average Bonchev–Trinajstić information content (AvgIpc) is 2.42. The van der Waals surface area contributed by atoms with Crippen molar-refractivity contribution in [1.82, 2.24) is 0 Å². The number of hydrogen-bond acceptors (Lipinski definition) is 0. The lowest BCUT2D eigenvalue weighted by Gasteiger charge is -2.12. The Balaban J connectivity index is 2.30. The first-order valence-electron chi connectivity index (χ1n) is 7.57. The minimum absolute atomic E-state index is 0.517. The van der Waals surface area contributed by atoms with E-state index < -0.39 is 0 Å². The normalized spacial score (nSPS) is 11.0. The van der Waals surface area contributed by atoms with Crippen molar-refractivity contribution in [3.8, 4) is 0 Å². The largest absolute Gasteiger partial charge is 0.0998 e. The summed E-state index contributed by atoms with van der Waals surface area (Å²) in [7, 11) is 0. The van der Waals surface area contributed by atoms with Crippen LogP contribution in [-0.4, -0.2) is 0 Å². The zero-order valence-corrected chi connectivity index (χ0v) is 14.9. The predicted octanol–water partition coefficient (Wildman–Crippen LogP) is 6.83. The second-order valence-corrected chi connectivity index (χ2v) is 7.06. The molecule has 0 aliphatic rings. The summed E-state index contributed by atoms with van der Waals surface area (Å²) in [6.07, 6.45) is 1.56. The van der Waals surface area contributed by atoms with Crippen LogP contribution in [0.3, 0.4) is 0 Å². The molecule has 0 radical (unpaired) electrons. The van der Waals surface area contributed by atoms with E-state index in [1.54, 1.807) is 0 Å². The smallest absolute Gasteiger partial charge is 0.0459 e. The zero-order valence-electron chi connectivity index (χ0n) is 13.4. The molecule has 116 valence electrons. The van der Waals surface area contributed by atoms with Crippen molar-refractivity contribution in [3.63, 3.8) is 0 Å². The van der Waals surface area contributed by atoms with Crippen molar-refractivity contribution in [3.05, 3.63) is 80.8 Å². The van der Waals surface area contributed by atoms with E-state index in [-0.39, 0.29) is 0 Å². The Hall–Kier alpha value is -1.24. The molecular weight excluding hydrogens is 311 g/mol. The second-order valence-electron chi connectivity index (χ2n) is 6.25. The molecule has 0 spiro atoms. The van der Waals surface area contributed by atoms with Crippen LogP contribution in [0, 0.1) is 0 Å². The lowest BCUT2D eigenvalue weighted by atomic mass is 9.96. The summed E-state index contributed by atoms with van der Waals surface area (Å²) >= 11 is 12.9. The van der Waals surface area contributed by atoms with Gasteiger partial charge in [-0.15, -0.1) is 0 Å². The molecule has 0 atom stereocenters. The highest BCUT2D eigenvalue weighted by Crippen LogP contribution is 2.30. The second kappa shape index (κ2) is 7.35. The molecule has 0 fully saturated rings. The van der Waals surface area contributed by atoms with Crippen LogP contribution in [0.2, 0.25) is 10.0 Å². The molecule has 0 unspecified atom stereocenters. The van der Waals surface area contributed by atoms with Crippen molar-refractivity contribution >= 4 is 23.2 Å². The first-order chi connectivity index (χ1) is 10.4. The Kier molecular flexibility index (Phi) is 5.72. The number of hydrogen-bond donors (Lipinski definition) is 0. The van der Waals surface area contributed by atoms with E-state index in [0.29, 0.717) is 5.92 Å². The molecule has 0 nitrogen and oxygen atoms in total. The van der Waals surface area contributed by atoms with E-state index in [0.717, 1.165) is 39.6 Å². The maximum Gasteiger partial charge on any atom is 0.0459 e. The summed E-state index contributed by atoms with van der Waals surface area (Å²) in [6.45, 7) is 10.3. The van der Waals surface area contributed by atoms with Crippen molar-refractivity contribution in [1.29, 1.82) is 0 Å². The summed E-state index contributed by atoms with van der Waals surface area (Å²) in [4.78, 5) is 0. The highest BCUT2D eigenvalue weighted by atomic mass is 35.5. The molecule has 0 bridgehead atoms. The first kappa shape index (κ1) is 17.1. The molecule has 0 aliphatic heterocycles. The maximum atomic E-state index is 6.46. The number of benzene rings is 2. The third-order valence-electron chi connectivity index (χ3n) is 3.71. The highest BCUT2D eigenvalue weighted by molar-refractivity contribution is 6.36. The molecule has 0 N–H and O–H groups in total. The van der Waals surface area contributed by atoms with Gasteiger partial charge < -0.3 is 0 Å². The van der Waals surface area contributed by atoms with Gasteiger partial charge in [0.15, 0.2) is 0 Å². The lowest BCUT2D eigenvalue weighted by Crippen LogP contribution is -1.96. The Morgan fingerprint density at radius 1 is 1.05 bits per heavy atom. The fourth-order valence-electron chi connectivity index (χ4n) is 2.54. The highest BCUT2D eigenvalue weighted by Gasteiger charge is 2.10. The zero-order chi connectivity index (χ0) is 16.3. The Morgan fingerprint density at radius 3 is 2.23 bits per heavy atom. The van der Waals surface area contributed by atoms with Gasteiger partial charge in [0.2, 0.25) is 0 Å². The summed E-state index contributed by atoms with van der Waals surface area (Å²) < 4.78 is 0. The van der Waals surface area contributed by atoms with E-state index in [9.17, 15) is 0 Å². The standard InChI is InChI=1S/C20H22Cl2/c1-13(2)8-16-11-19(21)18(20(22)12-16)10-15-6-5-7-17(9-15)14(3)4/h5-7,9,11-12,14H,1,8,10H2,2-4H3. The van der Waals surface area contributed by atoms with E-state index in [2.05, 4.69) is 44.7 Å². The number of rotatable bonds is 5. The van der Waals surface area contributed by atoms with Crippen molar-refractivity contribution in [2.75, 3.05) is 0 Å². The third-order valence-corrected chi connectivity index (χ3v) is 4.38. The number of allylic oxidation sites excluding steroid dienone is 1. The fraction of sp³-hybridized carbons (Fsp3) is 0.300. The van der Waals surface area contributed by atoms with Crippen LogP contribution in [0.1, 0.15) is 48.9 Å². The minimum atomic E-state index is 0.517. The van der Waals surface area contributed by atoms with Crippen molar-refractivity contribution < 1.29 is 0 Å². The van der Waals surface area contributed by atoms with Gasteiger partial charge in [-0.1, -0.05) is 73.5 Å². The van der Waals surface area contributed by atoms with Gasteiger partial charge in [-0.2, -0.15) is 0 Å². The topological polar surface area (TPSA) is 0 Å². The van der Waals surface area contributed by atoms with Crippen LogP contribution in [0.5, 0.6) is 0 Å². The molecule has 0 heterocycles. The van der Waals surface area contributed by atoms with Crippen LogP contribution in [0.15, 0.2) is 48.6 Å². The van der Waals surface area contributed by atoms with Crippen LogP contribution in [0.4, 0.5) is 0 Å². The van der Waals surface area contributed by atoms with Gasteiger partial charge in [-0.25, -0.2) is 0 Å². The van der Waals surface area contributed by atoms with Gasteiger partial charge >= 0.3 is 0 Å². The Bertz CT molecular complexity index is 661. The van der Waals surface area contributed by atoms with Crippen LogP contribution >= 0.6 is 23.2 Å². The summed E-state index contributed by atoms with van der Waals surface area (Å²) in [6, 6.07) is 12.6. The molecule has 2 aromatic rings. The average molecular weight is 333 g/mol. The third kappa shape index (κ3) is 4.38. The van der Waals surface area contributed by atoms with E-state index in [1.165, 1.54) is 11.1 Å². The molecule has 0 saturated carbocycles. The summed E-state index contributed by atoms with van der Waals surface area (Å²) in [5, 5.41) is 1.47. The van der Waals surface area contributed by atoms with Gasteiger partial charge in [-0.3, -0.25) is 0 Å².